The summed E-state index contributed by atoms with van der Waals surface area (Å²) in [6.45, 7) is 4.79. The lowest BCUT2D eigenvalue weighted by molar-refractivity contribution is 0.0921. The third kappa shape index (κ3) is 4.36. The molecule has 0 radical (unpaired) electrons. The van der Waals surface area contributed by atoms with Crippen LogP contribution in [0.3, 0.4) is 0 Å². The van der Waals surface area contributed by atoms with Gasteiger partial charge in [0.2, 0.25) is 10.0 Å². The van der Waals surface area contributed by atoms with E-state index in [4.69, 9.17) is 11.6 Å². The summed E-state index contributed by atoms with van der Waals surface area (Å²) in [7, 11) is -3.26. The molecule has 0 aliphatic carbocycles. The van der Waals surface area contributed by atoms with Crippen LogP contribution in [0.15, 0.2) is 30.3 Å². The number of aryl methyl sites for hydroxylation is 2. The quantitative estimate of drug-likeness (QED) is 0.843. The second-order valence-electron chi connectivity index (χ2n) is 7.05. The molecule has 0 bridgehead atoms. The Kier molecular flexibility index (Phi) is 5.65. The second kappa shape index (κ2) is 7.66. The van der Waals surface area contributed by atoms with Gasteiger partial charge in [-0.05, 0) is 57.0 Å². The average Bonchev–Trinajstić information content (AvgIpc) is 2.93. The van der Waals surface area contributed by atoms with Gasteiger partial charge in [-0.25, -0.2) is 12.7 Å². The van der Waals surface area contributed by atoms with Gasteiger partial charge in [-0.2, -0.15) is 0 Å². The number of rotatable bonds is 4. The van der Waals surface area contributed by atoms with Crippen molar-refractivity contribution >= 4 is 27.5 Å². The Morgan fingerprint density at radius 3 is 2.48 bits per heavy atom. The topological polar surface area (TPSA) is 71.4 Å². The fourth-order valence-corrected chi connectivity index (χ4v) is 4.64. The highest BCUT2D eigenvalue weighted by molar-refractivity contribution is 7.88. The molecule has 3 rings (SSSR count). The molecule has 1 fully saturated rings. The molecule has 1 atom stereocenters. The van der Waals surface area contributed by atoms with Crippen LogP contribution in [0.25, 0.3) is 5.69 Å². The molecule has 0 saturated carbocycles. The first-order valence-corrected chi connectivity index (χ1v) is 11.1. The number of nitrogens with zero attached hydrogens (tertiary/aromatic N) is 2. The van der Waals surface area contributed by atoms with Gasteiger partial charge in [-0.15, -0.1) is 0 Å². The third-order valence-corrected chi connectivity index (χ3v) is 6.51. The summed E-state index contributed by atoms with van der Waals surface area (Å²) in [5.41, 5.74) is 3.39. The summed E-state index contributed by atoms with van der Waals surface area (Å²) >= 11 is 6.27. The Balaban J connectivity index is 1.82. The molecule has 1 unspecified atom stereocenters. The number of piperidine rings is 1. The molecule has 1 aromatic carbocycles. The van der Waals surface area contributed by atoms with E-state index < -0.39 is 10.0 Å². The minimum absolute atomic E-state index is 0.226. The SMILES string of the molecule is Cc1ccc(C)n1-c1ccc(Cl)c(C(=O)NC2CCCN(S(C)(=O)=O)C2)c1. The fourth-order valence-electron chi connectivity index (χ4n) is 3.53. The first-order valence-electron chi connectivity index (χ1n) is 8.87. The first kappa shape index (κ1) is 19.9. The smallest absolute Gasteiger partial charge is 0.253 e. The van der Waals surface area contributed by atoms with Crippen molar-refractivity contribution in [2.24, 2.45) is 0 Å². The van der Waals surface area contributed by atoms with Crippen molar-refractivity contribution in [3.63, 3.8) is 0 Å². The van der Waals surface area contributed by atoms with Crippen LogP contribution >= 0.6 is 11.6 Å². The normalized spacial score (nSPS) is 18.4. The summed E-state index contributed by atoms with van der Waals surface area (Å²) in [6.07, 6.45) is 2.65. The number of benzene rings is 1. The van der Waals surface area contributed by atoms with Gasteiger partial charge >= 0.3 is 0 Å². The highest BCUT2D eigenvalue weighted by Gasteiger charge is 2.27. The maximum absolute atomic E-state index is 12.8. The summed E-state index contributed by atoms with van der Waals surface area (Å²) in [5, 5.41) is 3.31. The van der Waals surface area contributed by atoms with Crippen LogP contribution in [0, 0.1) is 13.8 Å². The van der Waals surface area contributed by atoms with E-state index in [0.717, 1.165) is 23.5 Å². The van der Waals surface area contributed by atoms with Gasteiger partial charge < -0.3 is 9.88 Å². The molecule has 1 N–H and O–H groups in total. The van der Waals surface area contributed by atoms with Crippen LogP contribution in [0.5, 0.6) is 0 Å². The minimum Gasteiger partial charge on any atom is -0.348 e. The van der Waals surface area contributed by atoms with Crippen LogP contribution < -0.4 is 5.32 Å². The number of hydrogen-bond donors (Lipinski definition) is 1. The molecule has 1 aromatic heterocycles. The molecular formula is C19H24ClN3O3S. The summed E-state index contributed by atoms with van der Waals surface area (Å²) < 4.78 is 27.0. The summed E-state index contributed by atoms with van der Waals surface area (Å²) in [4.78, 5) is 12.8. The Hall–Kier alpha value is -1.83. The van der Waals surface area contributed by atoms with E-state index in [1.807, 2.05) is 32.0 Å². The Labute approximate surface area is 165 Å². The lowest BCUT2D eigenvalue weighted by Gasteiger charge is -2.31. The van der Waals surface area contributed by atoms with Gasteiger partial charge in [0.15, 0.2) is 0 Å². The molecule has 0 spiro atoms. The van der Waals surface area contributed by atoms with Gasteiger partial charge in [-0.1, -0.05) is 11.6 Å². The van der Waals surface area contributed by atoms with E-state index >= 15 is 0 Å². The lowest BCUT2D eigenvalue weighted by atomic mass is 10.1. The zero-order chi connectivity index (χ0) is 19.8. The van der Waals surface area contributed by atoms with E-state index in [-0.39, 0.29) is 18.5 Å². The van der Waals surface area contributed by atoms with E-state index in [2.05, 4.69) is 9.88 Å². The molecule has 1 saturated heterocycles. The largest absolute Gasteiger partial charge is 0.348 e. The van der Waals surface area contributed by atoms with Crippen LogP contribution in [0.2, 0.25) is 5.02 Å². The summed E-state index contributed by atoms with van der Waals surface area (Å²) in [5.74, 6) is -0.287. The van der Waals surface area contributed by atoms with Crippen molar-refractivity contribution in [2.45, 2.75) is 32.7 Å². The lowest BCUT2D eigenvalue weighted by Crippen LogP contribution is -2.49. The molecule has 2 heterocycles. The molecule has 1 amide bonds. The van der Waals surface area contributed by atoms with Gasteiger partial charge in [0.1, 0.15) is 0 Å². The van der Waals surface area contributed by atoms with E-state index in [1.165, 1.54) is 10.6 Å². The number of hydrogen-bond acceptors (Lipinski definition) is 3. The van der Waals surface area contributed by atoms with Gasteiger partial charge in [0, 0.05) is 36.2 Å². The molecule has 27 heavy (non-hydrogen) atoms. The van der Waals surface area contributed by atoms with Crippen molar-refractivity contribution < 1.29 is 13.2 Å². The number of halogens is 1. The standard InChI is InChI=1S/C19H24ClN3O3S/c1-13-6-7-14(2)23(13)16-8-9-18(20)17(11-16)19(24)21-15-5-4-10-22(12-15)27(3,25)26/h6-9,11,15H,4-5,10,12H2,1-3H3,(H,21,24). The average molecular weight is 410 g/mol. The van der Waals surface area contributed by atoms with Crippen LogP contribution in [-0.2, 0) is 10.0 Å². The number of amides is 1. The van der Waals surface area contributed by atoms with E-state index in [9.17, 15) is 13.2 Å². The molecule has 2 aromatic rings. The maximum Gasteiger partial charge on any atom is 0.253 e. The number of carbonyl (C=O) groups is 1. The fraction of sp³-hybridized carbons (Fsp3) is 0.421. The predicted octanol–water partition coefficient (Wildman–Crippen LogP) is 2.90. The number of carbonyl (C=O) groups excluding carboxylic acids is 1. The monoisotopic (exact) mass is 409 g/mol. The Morgan fingerprint density at radius 1 is 1.19 bits per heavy atom. The highest BCUT2D eigenvalue weighted by Crippen LogP contribution is 2.23. The number of sulfonamides is 1. The van der Waals surface area contributed by atoms with Crippen molar-refractivity contribution in [1.82, 2.24) is 14.2 Å². The van der Waals surface area contributed by atoms with Gasteiger partial charge in [0.25, 0.3) is 5.91 Å². The van der Waals surface area contributed by atoms with Gasteiger partial charge in [0.05, 0.1) is 16.8 Å². The van der Waals surface area contributed by atoms with Crippen LogP contribution in [0.1, 0.15) is 34.6 Å². The Bertz CT molecular complexity index is 949. The third-order valence-electron chi connectivity index (χ3n) is 4.91. The highest BCUT2D eigenvalue weighted by atomic mass is 35.5. The van der Waals surface area contributed by atoms with Crippen LogP contribution in [0.4, 0.5) is 0 Å². The molecule has 146 valence electrons. The Morgan fingerprint density at radius 2 is 1.85 bits per heavy atom. The zero-order valence-corrected chi connectivity index (χ0v) is 17.3. The van der Waals surface area contributed by atoms with Crippen molar-refractivity contribution in [3.05, 3.63) is 52.3 Å². The zero-order valence-electron chi connectivity index (χ0n) is 15.7. The van der Waals surface area contributed by atoms with E-state index in [1.54, 1.807) is 12.1 Å². The second-order valence-corrected chi connectivity index (χ2v) is 9.44. The maximum atomic E-state index is 12.8. The van der Waals surface area contributed by atoms with Crippen LogP contribution in [-0.4, -0.2) is 48.6 Å². The van der Waals surface area contributed by atoms with Crippen molar-refractivity contribution in [1.29, 1.82) is 0 Å². The van der Waals surface area contributed by atoms with Crippen molar-refractivity contribution in [2.75, 3.05) is 19.3 Å². The minimum atomic E-state index is -3.26. The molecule has 6 nitrogen and oxygen atoms in total. The molecule has 8 heteroatoms. The predicted molar refractivity (Wildman–Crippen MR) is 107 cm³/mol. The molecule has 1 aliphatic heterocycles. The first-order chi connectivity index (χ1) is 12.7. The van der Waals surface area contributed by atoms with Crippen molar-refractivity contribution in [3.8, 4) is 5.69 Å². The molecule has 1 aliphatic rings. The summed E-state index contributed by atoms with van der Waals surface area (Å²) in [6, 6.07) is 9.18. The molecular weight excluding hydrogens is 386 g/mol. The number of aromatic nitrogens is 1. The van der Waals surface area contributed by atoms with E-state index in [0.29, 0.717) is 23.6 Å². The number of nitrogens with one attached hydrogen (secondary N) is 1. The van der Waals surface area contributed by atoms with Gasteiger partial charge in [-0.3, -0.25) is 4.79 Å².